The molecule has 0 saturated heterocycles. The van der Waals surface area contributed by atoms with Gasteiger partial charge >= 0.3 is 5.97 Å². The maximum atomic E-state index is 11.1. The van der Waals surface area contributed by atoms with Gasteiger partial charge in [0.05, 0.1) is 13.2 Å². The average molecular weight is 306 g/mol. The molecule has 0 atom stereocenters. The second-order valence-corrected chi connectivity index (χ2v) is 4.71. The molecular formula is C18H26O4. The molecule has 4 nitrogen and oxygen atoms in total. The summed E-state index contributed by atoms with van der Waals surface area (Å²) in [4.78, 5) is 21.9. The molecule has 0 aliphatic heterocycles. The van der Waals surface area contributed by atoms with Gasteiger partial charge in [0.25, 0.3) is 0 Å². The Hall–Kier alpha value is -2.10. The van der Waals surface area contributed by atoms with Crippen molar-refractivity contribution in [1.82, 2.24) is 0 Å². The highest BCUT2D eigenvalue weighted by atomic mass is 16.5. The van der Waals surface area contributed by atoms with Gasteiger partial charge in [0, 0.05) is 11.6 Å². The van der Waals surface area contributed by atoms with Crippen LogP contribution < -0.4 is 4.74 Å². The van der Waals surface area contributed by atoms with Gasteiger partial charge < -0.3 is 9.47 Å². The summed E-state index contributed by atoms with van der Waals surface area (Å²) in [5.41, 5.74) is 0.691. The van der Waals surface area contributed by atoms with Gasteiger partial charge in [-0.1, -0.05) is 14.0 Å². The minimum atomic E-state index is -0.368. The maximum Gasteiger partial charge on any atom is 0.330 e. The first-order chi connectivity index (χ1) is 10.1. The number of hydrogen-bond acceptors (Lipinski definition) is 4. The van der Waals surface area contributed by atoms with Gasteiger partial charge in [-0.15, -0.1) is 0 Å². The molecule has 0 aromatic heterocycles. The van der Waals surface area contributed by atoms with E-state index in [1.807, 2.05) is 12.1 Å². The van der Waals surface area contributed by atoms with E-state index >= 15 is 0 Å². The molecule has 0 fully saturated rings. The fourth-order valence-electron chi connectivity index (χ4n) is 1.77. The van der Waals surface area contributed by atoms with Crippen molar-refractivity contribution >= 4 is 11.8 Å². The highest BCUT2D eigenvalue weighted by molar-refractivity contribution is 5.94. The maximum absolute atomic E-state index is 11.1. The van der Waals surface area contributed by atoms with Crippen LogP contribution in [0.25, 0.3) is 0 Å². The molecule has 122 valence electrons. The zero-order valence-corrected chi connectivity index (χ0v) is 12.5. The topological polar surface area (TPSA) is 52.6 Å². The summed E-state index contributed by atoms with van der Waals surface area (Å²) >= 11 is 0. The van der Waals surface area contributed by atoms with Crippen LogP contribution in [0, 0.1) is 0 Å². The van der Waals surface area contributed by atoms with Gasteiger partial charge in [-0.25, -0.2) is 4.79 Å². The molecule has 4 heteroatoms. The van der Waals surface area contributed by atoms with Crippen molar-refractivity contribution in [3.05, 3.63) is 42.5 Å². The molecular weight excluding hydrogens is 280 g/mol. The summed E-state index contributed by atoms with van der Waals surface area (Å²) in [5.74, 6) is 0.464. The van der Waals surface area contributed by atoms with Crippen LogP contribution in [0.2, 0.25) is 0 Å². The molecule has 0 saturated carbocycles. The first-order valence-electron chi connectivity index (χ1n) is 7.16. The highest BCUT2D eigenvalue weighted by Crippen LogP contribution is 2.13. The quantitative estimate of drug-likeness (QED) is 0.281. The molecule has 1 rings (SSSR count). The Balaban J connectivity index is 0.00000441. The van der Waals surface area contributed by atoms with E-state index in [1.54, 1.807) is 19.1 Å². The first kappa shape index (κ1) is 19.9. The van der Waals surface area contributed by atoms with Crippen molar-refractivity contribution in [1.29, 1.82) is 0 Å². The third-order valence-corrected chi connectivity index (χ3v) is 2.98. The number of benzene rings is 1. The Morgan fingerprint density at radius 2 is 1.64 bits per heavy atom. The van der Waals surface area contributed by atoms with Crippen LogP contribution in [0.4, 0.5) is 0 Å². The summed E-state index contributed by atoms with van der Waals surface area (Å²) in [6.45, 7) is 5.97. The summed E-state index contributed by atoms with van der Waals surface area (Å²) < 4.78 is 10.5. The summed E-state index contributed by atoms with van der Waals surface area (Å²) in [6, 6.07) is 7.16. The van der Waals surface area contributed by atoms with Crippen molar-refractivity contribution in [2.45, 2.75) is 40.0 Å². The number of rotatable bonds is 10. The third kappa shape index (κ3) is 8.25. The lowest BCUT2D eigenvalue weighted by Gasteiger charge is -2.06. The van der Waals surface area contributed by atoms with Crippen LogP contribution >= 0.6 is 0 Å². The van der Waals surface area contributed by atoms with Gasteiger partial charge in [-0.2, -0.15) is 0 Å². The molecule has 0 spiro atoms. The van der Waals surface area contributed by atoms with E-state index < -0.39 is 0 Å². The SMILES string of the molecule is C.C=CC(=O)OCCCCCCOc1ccc(C(C)=O)cc1. The fourth-order valence-corrected chi connectivity index (χ4v) is 1.77. The van der Waals surface area contributed by atoms with E-state index in [2.05, 4.69) is 6.58 Å². The molecule has 0 amide bonds. The van der Waals surface area contributed by atoms with Crippen LogP contribution in [0.15, 0.2) is 36.9 Å². The van der Waals surface area contributed by atoms with Crippen molar-refractivity contribution < 1.29 is 19.1 Å². The highest BCUT2D eigenvalue weighted by Gasteiger charge is 2.00. The number of unbranched alkanes of at least 4 members (excludes halogenated alkanes) is 3. The van der Waals surface area contributed by atoms with Gasteiger partial charge in [0.15, 0.2) is 5.78 Å². The van der Waals surface area contributed by atoms with Gasteiger partial charge in [0.2, 0.25) is 0 Å². The van der Waals surface area contributed by atoms with Crippen molar-refractivity contribution in [3.8, 4) is 5.75 Å². The lowest BCUT2D eigenvalue weighted by molar-refractivity contribution is -0.137. The smallest absolute Gasteiger partial charge is 0.330 e. The van der Waals surface area contributed by atoms with Crippen molar-refractivity contribution in [2.24, 2.45) is 0 Å². The second-order valence-electron chi connectivity index (χ2n) is 4.71. The monoisotopic (exact) mass is 306 g/mol. The van der Waals surface area contributed by atoms with E-state index in [4.69, 9.17) is 9.47 Å². The molecule has 0 unspecified atom stereocenters. The Labute approximate surface area is 133 Å². The zero-order valence-electron chi connectivity index (χ0n) is 12.5. The standard InChI is InChI=1S/C17H22O4.CH4/c1-3-17(19)21-13-7-5-4-6-12-20-16-10-8-15(9-11-16)14(2)18;/h3,8-11H,1,4-7,12-13H2,2H3;1H4. The van der Waals surface area contributed by atoms with Crippen LogP contribution in [-0.2, 0) is 9.53 Å². The van der Waals surface area contributed by atoms with Crippen LogP contribution in [-0.4, -0.2) is 25.0 Å². The van der Waals surface area contributed by atoms with E-state index in [1.165, 1.54) is 6.08 Å². The summed E-state index contributed by atoms with van der Waals surface area (Å²) in [6.07, 6.45) is 5.00. The third-order valence-electron chi connectivity index (χ3n) is 2.98. The zero-order chi connectivity index (χ0) is 15.5. The molecule has 0 heterocycles. The molecule has 1 aromatic rings. The number of Topliss-reactive ketones (excluding diaryl/α,β-unsaturated/α-hetero) is 1. The molecule has 0 bridgehead atoms. The number of carbonyl (C=O) groups excluding carboxylic acids is 2. The van der Waals surface area contributed by atoms with Gasteiger partial charge in [0.1, 0.15) is 5.75 Å². The van der Waals surface area contributed by atoms with E-state index in [0.717, 1.165) is 31.4 Å². The minimum Gasteiger partial charge on any atom is -0.494 e. The Morgan fingerprint density at radius 1 is 1.05 bits per heavy atom. The number of carbonyl (C=O) groups is 2. The van der Waals surface area contributed by atoms with Crippen molar-refractivity contribution in [3.63, 3.8) is 0 Å². The van der Waals surface area contributed by atoms with E-state index in [9.17, 15) is 9.59 Å². The first-order valence-corrected chi connectivity index (χ1v) is 7.16. The molecule has 0 N–H and O–H groups in total. The minimum absolute atomic E-state index is 0. The lowest BCUT2D eigenvalue weighted by atomic mass is 10.1. The largest absolute Gasteiger partial charge is 0.494 e. The summed E-state index contributed by atoms with van der Waals surface area (Å²) in [7, 11) is 0. The molecule has 22 heavy (non-hydrogen) atoms. The van der Waals surface area contributed by atoms with E-state index in [-0.39, 0.29) is 19.2 Å². The van der Waals surface area contributed by atoms with Gasteiger partial charge in [-0.3, -0.25) is 4.79 Å². The Kier molecular flexibility index (Phi) is 10.4. The lowest BCUT2D eigenvalue weighted by Crippen LogP contribution is -2.02. The fraction of sp³-hybridized carbons (Fsp3) is 0.444. The molecule has 1 aromatic carbocycles. The number of hydrogen-bond donors (Lipinski definition) is 0. The van der Waals surface area contributed by atoms with Crippen LogP contribution in [0.5, 0.6) is 5.75 Å². The predicted octanol–water partition coefficient (Wildman–Crippen LogP) is 4.19. The predicted molar refractivity (Wildman–Crippen MR) is 88.3 cm³/mol. The van der Waals surface area contributed by atoms with E-state index in [0.29, 0.717) is 18.8 Å². The van der Waals surface area contributed by atoms with Crippen molar-refractivity contribution in [2.75, 3.05) is 13.2 Å². The Bertz CT molecular complexity index is 462. The molecule has 0 aliphatic rings. The Morgan fingerprint density at radius 3 is 2.18 bits per heavy atom. The van der Waals surface area contributed by atoms with Crippen LogP contribution in [0.1, 0.15) is 50.4 Å². The van der Waals surface area contributed by atoms with Gasteiger partial charge in [-0.05, 0) is 56.9 Å². The molecule has 0 radical (unpaired) electrons. The second kappa shape index (κ2) is 11.5. The number of ether oxygens (including phenoxy) is 2. The number of esters is 1. The van der Waals surface area contributed by atoms with Crippen LogP contribution in [0.3, 0.4) is 0 Å². The summed E-state index contributed by atoms with van der Waals surface area (Å²) in [5, 5.41) is 0. The number of ketones is 1. The normalized spacial score (nSPS) is 9.50. The molecule has 0 aliphatic carbocycles. The average Bonchev–Trinajstić information content (AvgIpc) is 2.50.